The first-order chi connectivity index (χ1) is 12.6. The number of halogens is 1. The van der Waals surface area contributed by atoms with E-state index in [1.807, 2.05) is 0 Å². The second-order valence-corrected chi connectivity index (χ2v) is 6.98. The van der Waals surface area contributed by atoms with E-state index >= 15 is 0 Å². The van der Waals surface area contributed by atoms with Gasteiger partial charge in [-0.25, -0.2) is 0 Å². The van der Waals surface area contributed by atoms with E-state index in [1.165, 1.54) is 16.7 Å². The summed E-state index contributed by atoms with van der Waals surface area (Å²) in [4.78, 5) is 2.29. The average Bonchev–Trinajstić information content (AvgIpc) is 2.67. The largest absolute Gasteiger partial charge is 0.493 e. The molecule has 4 nitrogen and oxygen atoms in total. The summed E-state index contributed by atoms with van der Waals surface area (Å²) in [5.41, 5.74) is 3.89. The van der Waals surface area contributed by atoms with Crippen LogP contribution >= 0.6 is 12.4 Å². The van der Waals surface area contributed by atoms with Gasteiger partial charge in [-0.1, -0.05) is 30.3 Å². The Morgan fingerprint density at radius 2 is 1.74 bits per heavy atom. The highest BCUT2D eigenvalue weighted by Crippen LogP contribution is 2.39. The van der Waals surface area contributed by atoms with Crippen LogP contribution in [-0.4, -0.2) is 39.8 Å². The minimum Gasteiger partial charge on any atom is -0.493 e. The Labute approximate surface area is 168 Å². The summed E-state index contributed by atoms with van der Waals surface area (Å²) in [6, 6.07) is 15.3. The van der Waals surface area contributed by atoms with Crippen LogP contribution in [0.15, 0.2) is 42.5 Å². The number of methoxy groups -OCH3 is 2. The molecule has 0 aliphatic carbocycles. The smallest absolute Gasteiger partial charge is 0.161 e. The lowest BCUT2D eigenvalue weighted by Crippen LogP contribution is -2.22. The van der Waals surface area contributed by atoms with Gasteiger partial charge in [0.05, 0.1) is 26.9 Å². The molecule has 0 saturated heterocycles. The maximum atomic E-state index is 6.13. The molecule has 5 heteroatoms. The zero-order valence-corrected chi connectivity index (χ0v) is 17.4. The Kier molecular flexibility index (Phi) is 7.96. The van der Waals surface area contributed by atoms with Crippen molar-refractivity contribution >= 4 is 12.4 Å². The molecule has 0 spiro atoms. The van der Waals surface area contributed by atoms with Crippen LogP contribution in [0.2, 0.25) is 0 Å². The molecule has 0 N–H and O–H groups in total. The lowest BCUT2D eigenvalue weighted by Gasteiger charge is -2.30. The first kappa shape index (κ1) is 21.5. The van der Waals surface area contributed by atoms with Gasteiger partial charge >= 0.3 is 0 Å². The van der Waals surface area contributed by atoms with Crippen molar-refractivity contribution in [3.8, 4) is 11.5 Å². The third-order valence-corrected chi connectivity index (χ3v) is 5.19. The topological polar surface area (TPSA) is 30.9 Å². The summed E-state index contributed by atoms with van der Waals surface area (Å²) < 4.78 is 17.1. The molecule has 0 saturated carbocycles. The van der Waals surface area contributed by atoms with Gasteiger partial charge in [0.2, 0.25) is 0 Å². The van der Waals surface area contributed by atoms with Crippen molar-refractivity contribution in [1.82, 2.24) is 4.90 Å². The van der Waals surface area contributed by atoms with Gasteiger partial charge in [0, 0.05) is 6.04 Å². The molecule has 2 atom stereocenters. The zero-order valence-electron chi connectivity index (χ0n) is 16.6. The number of ether oxygens (including phenoxy) is 3. The minimum absolute atomic E-state index is 0. The van der Waals surface area contributed by atoms with E-state index in [2.05, 4.69) is 61.5 Å². The van der Waals surface area contributed by atoms with Crippen molar-refractivity contribution in [3.63, 3.8) is 0 Å². The fourth-order valence-corrected chi connectivity index (χ4v) is 3.80. The maximum Gasteiger partial charge on any atom is 0.161 e. The zero-order chi connectivity index (χ0) is 18.5. The SMILES string of the molecule is COc1cc2c(cc1OC)C(CCC(c1ccccc1)N(C)C)OCC2.Cl. The van der Waals surface area contributed by atoms with E-state index in [0.29, 0.717) is 6.04 Å². The predicted molar refractivity (Wildman–Crippen MR) is 111 cm³/mol. The molecule has 1 heterocycles. The molecular formula is C22H30ClNO3. The standard InChI is InChI=1S/C22H29NO3.ClH/c1-23(2)19(16-8-6-5-7-9-16)10-11-20-18-15-22(25-4)21(24-3)14-17(18)12-13-26-20;/h5-9,14-15,19-20H,10-13H2,1-4H3;1H. The summed E-state index contributed by atoms with van der Waals surface area (Å²) in [5, 5.41) is 0. The Bertz CT molecular complexity index is 721. The van der Waals surface area contributed by atoms with Crippen LogP contribution < -0.4 is 9.47 Å². The van der Waals surface area contributed by atoms with Crippen molar-refractivity contribution in [2.45, 2.75) is 31.4 Å². The van der Waals surface area contributed by atoms with Gasteiger partial charge in [0.1, 0.15) is 0 Å². The summed E-state index contributed by atoms with van der Waals surface area (Å²) in [6.45, 7) is 0.755. The summed E-state index contributed by atoms with van der Waals surface area (Å²) >= 11 is 0. The first-order valence-electron chi connectivity index (χ1n) is 9.21. The van der Waals surface area contributed by atoms with Crippen molar-refractivity contribution in [2.75, 3.05) is 34.9 Å². The van der Waals surface area contributed by atoms with Gasteiger partial charge in [-0.2, -0.15) is 0 Å². The van der Waals surface area contributed by atoms with E-state index < -0.39 is 0 Å². The van der Waals surface area contributed by atoms with Crippen LogP contribution in [0.4, 0.5) is 0 Å². The van der Waals surface area contributed by atoms with Crippen molar-refractivity contribution in [1.29, 1.82) is 0 Å². The molecule has 3 rings (SSSR count). The third-order valence-electron chi connectivity index (χ3n) is 5.19. The Morgan fingerprint density at radius 3 is 2.37 bits per heavy atom. The lowest BCUT2D eigenvalue weighted by molar-refractivity contribution is 0.0303. The molecule has 148 valence electrons. The van der Waals surface area contributed by atoms with E-state index in [1.54, 1.807) is 14.2 Å². The predicted octanol–water partition coefficient (Wildman–Crippen LogP) is 4.82. The number of fused-ring (bicyclic) bond motifs is 1. The van der Waals surface area contributed by atoms with Gasteiger partial charge in [0.15, 0.2) is 11.5 Å². The summed E-state index contributed by atoms with van der Waals surface area (Å²) in [5.74, 6) is 1.57. The molecule has 1 aliphatic heterocycles. The highest BCUT2D eigenvalue weighted by atomic mass is 35.5. The molecule has 2 unspecified atom stereocenters. The summed E-state index contributed by atoms with van der Waals surface area (Å²) in [6.07, 6.45) is 3.03. The van der Waals surface area contributed by atoms with E-state index in [9.17, 15) is 0 Å². The molecule has 0 aromatic heterocycles. The van der Waals surface area contributed by atoms with E-state index in [-0.39, 0.29) is 18.5 Å². The second kappa shape index (κ2) is 9.98. The Balaban J connectivity index is 0.00000261. The van der Waals surface area contributed by atoms with Crippen molar-refractivity contribution < 1.29 is 14.2 Å². The van der Waals surface area contributed by atoms with Gasteiger partial charge in [-0.05, 0) is 62.2 Å². The molecule has 2 aromatic carbocycles. The lowest BCUT2D eigenvalue weighted by atomic mass is 9.91. The summed E-state index contributed by atoms with van der Waals surface area (Å²) in [7, 11) is 7.64. The Morgan fingerprint density at radius 1 is 1.07 bits per heavy atom. The minimum atomic E-state index is 0. The van der Waals surface area contributed by atoms with Crippen molar-refractivity contribution in [2.24, 2.45) is 0 Å². The molecular weight excluding hydrogens is 362 g/mol. The van der Waals surface area contributed by atoms with Crippen LogP contribution in [-0.2, 0) is 11.2 Å². The van der Waals surface area contributed by atoms with E-state index in [0.717, 1.165) is 37.4 Å². The van der Waals surface area contributed by atoms with Crippen LogP contribution in [0.5, 0.6) is 11.5 Å². The first-order valence-corrected chi connectivity index (χ1v) is 9.21. The molecule has 1 aliphatic rings. The molecule has 0 bridgehead atoms. The molecule has 2 aromatic rings. The number of benzene rings is 2. The van der Waals surface area contributed by atoms with Crippen LogP contribution in [0.3, 0.4) is 0 Å². The quantitative estimate of drug-likeness (QED) is 0.676. The number of nitrogens with zero attached hydrogens (tertiary/aromatic N) is 1. The third kappa shape index (κ3) is 4.95. The van der Waals surface area contributed by atoms with Gasteiger partial charge in [0.25, 0.3) is 0 Å². The fraction of sp³-hybridized carbons (Fsp3) is 0.455. The van der Waals surface area contributed by atoms with Crippen LogP contribution in [0.1, 0.15) is 41.7 Å². The molecule has 0 radical (unpaired) electrons. The monoisotopic (exact) mass is 391 g/mol. The van der Waals surface area contributed by atoms with Crippen LogP contribution in [0.25, 0.3) is 0 Å². The number of hydrogen-bond donors (Lipinski definition) is 0. The fourth-order valence-electron chi connectivity index (χ4n) is 3.80. The second-order valence-electron chi connectivity index (χ2n) is 6.98. The maximum absolute atomic E-state index is 6.13. The highest BCUT2D eigenvalue weighted by Gasteiger charge is 2.25. The van der Waals surface area contributed by atoms with Crippen molar-refractivity contribution in [3.05, 3.63) is 59.2 Å². The highest BCUT2D eigenvalue weighted by molar-refractivity contribution is 5.85. The number of hydrogen-bond acceptors (Lipinski definition) is 4. The molecule has 0 amide bonds. The van der Waals surface area contributed by atoms with Crippen LogP contribution in [0, 0.1) is 0 Å². The molecule has 27 heavy (non-hydrogen) atoms. The normalized spacial score (nSPS) is 17.0. The van der Waals surface area contributed by atoms with Gasteiger partial charge in [-0.15, -0.1) is 12.4 Å². The van der Waals surface area contributed by atoms with Gasteiger partial charge in [-0.3, -0.25) is 0 Å². The van der Waals surface area contributed by atoms with Gasteiger partial charge < -0.3 is 19.1 Å². The number of rotatable bonds is 7. The Hall–Kier alpha value is -1.75. The molecule has 0 fully saturated rings. The average molecular weight is 392 g/mol. The van der Waals surface area contributed by atoms with E-state index in [4.69, 9.17) is 14.2 Å².